The Morgan fingerprint density at radius 1 is 1.23 bits per heavy atom. The molecule has 5 nitrogen and oxygen atoms in total. The van der Waals surface area contributed by atoms with Crippen molar-refractivity contribution in [1.82, 2.24) is 5.32 Å². The third-order valence-electron chi connectivity index (χ3n) is 3.83. The second-order valence-electron chi connectivity index (χ2n) is 5.58. The highest BCUT2D eigenvalue weighted by molar-refractivity contribution is 6.30. The highest BCUT2D eigenvalue weighted by Crippen LogP contribution is 2.33. The molecule has 1 atom stereocenters. The van der Waals surface area contributed by atoms with Crippen LogP contribution in [0.3, 0.4) is 0 Å². The van der Waals surface area contributed by atoms with E-state index >= 15 is 0 Å². The van der Waals surface area contributed by atoms with Gasteiger partial charge in [0.25, 0.3) is 5.91 Å². The molecule has 0 aliphatic carbocycles. The van der Waals surface area contributed by atoms with Gasteiger partial charge in [0.2, 0.25) is 0 Å². The summed E-state index contributed by atoms with van der Waals surface area (Å²) in [6.07, 6.45) is 2.86. The maximum Gasteiger partial charge on any atom is 0.251 e. The van der Waals surface area contributed by atoms with E-state index in [1.165, 1.54) is 7.11 Å². The molecule has 0 saturated carbocycles. The highest BCUT2D eigenvalue weighted by Gasteiger charge is 2.16. The van der Waals surface area contributed by atoms with E-state index in [1.807, 2.05) is 19.1 Å². The van der Waals surface area contributed by atoms with Crippen LogP contribution in [0.5, 0.6) is 11.5 Å². The third-order valence-corrected chi connectivity index (χ3v) is 4.08. The van der Waals surface area contributed by atoms with Crippen LogP contribution in [0.4, 0.5) is 0 Å². The minimum Gasteiger partial charge on any atom is -0.493 e. The van der Waals surface area contributed by atoms with Gasteiger partial charge in [-0.2, -0.15) is 0 Å². The molecule has 26 heavy (non-hydrogen) atoms. The van der Waals surface area contributed by atoms with Gasteiger partial charge in [-0.25, -0.2) is 0 Å². The zero-order valence-electron chi connectivity index (χ0n) is 15.0. The van der Waals surface area contributed by atoms with Crippen molar-refractivity contribution in [3.8, 4) is 11.5 Å². The Hall–Kier alpha value is -2.50. The Morgan fingerprint density at radius 3 is 2.50 bits per heavy atom. The zero-order chi connectivity index (χ0) is 19.1. The van der Waals surface area contributed by atoms with Gasteiger partial charge < -0.3 is 19.9 Å². The number of rotatable bonds is 7. The zero-order valence-corrected chi connectivity index (χ0v) is 15.7. The van der Waals surface area contributed by atoms with Gasteiger partial charge in [-0.15, -0.1) is 0 Å². The molecule has 1 amide bonds. The number of nitrogens with one attached hydrogen (secondary N) is 1. The van der Waals surface area contributed by atoms with Crippen LogP contribution in [0.2, 0.25) is 5.02 Å². The van der Waals surface area contributed by atoms with Gasteiger partial charge in [0.05, 0.1) is 20.3 Å². The van der Waals surface area contributed by atoms with Crippen molar-refractivity contribution in [2.24, 2.45) is 0 Å². The second kappa shape index (κ2) is 9.27. The van der Waals surface area contributed by atoms with Crippen molar-refractivity contribution in [3.63, 3.8) is 0 Å². The van der Waals surface area contributed by atoms with Crippen LogP contribution in [0.1, 0.15) is 34.5 Å². The topological polar surface area (TPSA) is 67.8 Å². The summed E-state index contributed by atoms with van der Waals surface area (Å²) < 4.78 is 10.7. The van der Waals surface area contributed by atoms with Gasteiger partial charge in [-0.05, 0) is 36.8 Å². The number of carbonyl (C=O) groups excluding carboxylic acids is 1. The Balaban J connectivity index is 2.15. The predicted molar refractivity (Wildman–Crippen MR) is 103 cm³/mol. The number of allylic oxidation sites excluding steroid dienone is 1. The number of hydrogen-bond donors (Lipinski definition) is 2. The fourth-order valence-corrected chi connectivity index (χ4v) is 2.65. The molecule has 6 heteroatoms. The molecule has 0 aromatic heterocycles. The monoisotopic (exact) mass is 375 g/mol. The lowest BCUT2D eigenvalue weighted by Crippen LogP contribution is -2.28. The second-order valence-corrected chi connectivity index (χ2v) is 6.01. The minimum absolute atomic E-state index is 0.0771. The first-order valence-corrected chi connectivity index (χ1v) is 8.48. The summed E-state index contributed by atoms with van der Waals surface area (Å²) in [7, 11) is 3.07. The van der Waals surface area contributed by atoms with Gasteiger partial charge in [0.15, 0.2) is 11.5 Å². The number of aliphatic hydroxyl groups excluding tert-OH is 1. The number of benzene rings is 2. The Bertz CT molecular complexity index is 787. The van der Waals surface area contributed by atoms with Crippen molar-refractivity contribution in [1.29, 1.82) is 0 Å². The van der Waals surface area contributed by atoms with Crippen molar-refractivity contribution in [2.45, 2.75) is 13.0 Å². The maximum atomic E-state index is 12.5. The van der Waals surface area contributed by atoms with E-state index < -0.39 is 6.10 Å². The van der Waals surface area contributed by atoms with Crippen molar-refractivity contribution < 1.29 is 19.4 Å². The average Bonchev–Trinajstić information content (AvgIpc) is 2.65. The smallest absolute Gasteiger partial charge is 0.251 e. The summed E-state index contributed by atoms with van der Waals surface area (Å²) in [5.74, 6) is 0.708. The summed E-state index contributed by atoms with van der Waals surface area (Å²) in [6, 6.07) is 10.2. The maximum absolute atomic E-state index is 12.5. The van der Waals surface area contributed by atoms with Crippen molar-refractivity contribution in [3.05, 3.63) is 64.2 Å². The number of amides is 1. The lowest BCUT2D eigenvalue weighted by molar-refractivity contribution is 0.0916. The predicted octanol–water partition coefficient (Wildman–Crippen LogP) is 3.85. The van der Waals surface area contributed by atoms with Crippen LogP contribution in [0.25, 0.3) is 6.08 Å². The molecule has 0 aliphatic heterocycles. The third kappa shape index (κ3) is 4.77. The van der Waals surface area contributed by atoms with Crippen molar-refractivity contribution >= 4 is 23.6 Å². The molecular formula is C20H22ClNO4. The molecule has 0 bridgehead atoms. The Labute approximate surface area is 158 Å². The molecule has 0 aliphatic rings. The number of methoxy groups -OCH3 is 2. The molecule has 2 aromatic carbocycles. The molecule has 2 rings (SSSR count). The molecule has 0 fully saturated rings. The van der Waals surface area contributed by atoms with E-state index in [4.69, 9.17) is 21.1 Å². The quantitative estimate of drug-likeness (QED) is 0.771. The van der Waals surface area contributed by atoms with Gasteiger partial charge in [0, 0.05) is 22.7 Å². The van der Waals surface area contributed by atoms with E-state index in [0.29, 0.717) is 27.6 Å². The Morgan fingerprint density at radius 2 is 1.92 bits per heavy atom. The summed E-state index contributed by atoms with van der Waals surface area (Å²) >= 11 is 5.84. The average molecular weight is 376 g/mol. The largest absolute Gasteiger partial charge is 0.493 e. The lowest BCUT2D eigenvalue weighted by Gasteiger charge is -2.15. The SMILES string of the molecule is CC=Cc1cc(C(=O)NCC(O)c2ccc(Cl)cc2)cc(OC)c1OC. The van der Waals surface area contributed by atoms with Gasteiger partial charge in [0.1, 0.15) is 0 Å². The first-order chi connectivity index (χ1) is 12.5. The number of carbonyl (C=O) groups is 1. The molecule has 1 unspecified atom stereocenters. The molecule has 138 valence electrons. The van der Waals surface area contributed by atoms with Crippen LogP contribution in [0.15, 0.2) is 42.5 Å². The molecule has 0 radical (unpaired) electrons. The van der Waals surface area contributed by atoms with E-state index in [2.05, 4.69) is 5.32 Å². The first-order valence-electron chi connectivity index (χ1n) is 8.10. The number of halogens is 1. The fraction of sp³-hybridized carbons (Fsp3) is 0.250. The van der Waals surface area contributed by atoms with E-state index in [-0.39, 0.29) is 12.5 Å². The normalized spacial score (nSPS) is 12.0. The van der Waals surface area contributed by atoms with Crippen LogP contribution in [-0.4, -0.2) is 31.8 Å². The van der Waals surface area contributed by atoms with Crippen LogP contribution in [0, 0.1) is 0 Å². The highest BCUT2D eigenvalue weighted by atomic mass is 35.5. The van der Waals surface area contributed by atoms with Gasteiger partial charge in [-0.3, -0.25) is 4.79 Å². The number of hydrogen-bond acceptors (Lipinski definition) is 4. The van der Waals surface area contributed by atoms with Crippen molar-refractivity contribution in [2.75, 3.05) is 20.8 Å². The lowest BCUT2D eigenvalue weighted by atomic mass is 10.1. The van der Waals surface area contributed by atoms with Crippen LogP contribution < -0.4 is 14.8 Å². The van der Waals surface area contributed by atoms with E-state index in [1.54, 1.807) is 43.5 Å². The van der Waals surface area contributed by atoms with Gasteiger partial charge in [-0.1, -0.05) is 35.9 Å². The fourth-order valence-electron chi connectivity index (χ4n) is 2.52. The molecule has 0 spiro atoms. The van der Waals surface area contributed by atoms with E-state index in [0.717, 1.165) is 5.56 Å². The number of aliphatic hydroxyl groups is 1. The minimum atomic E-state index is -0.827. The molecular weight excluding hydrogens is 354 g/mol. The van der Waals surface area contributed by atoms with E-state index in [9.17, 15) is 9.90 Å². The first kappa shape index (κ1) is 19.8. The summed E-state index contributed by atoms with van der Waals surface area (Å²) in [4.78, 5) is 12.5. The molecule has 0 heterocycles. The molecule has 0 saturated heterocycles. The molecule has 2 aromatic rings. The standard InChI is InChI=1S/C20H22ClNO4/c1-4-5-14-10-15(11-18(25-2)19(14)26-3)20(24)22-12-17(23)13-6-8-16(21)9-7-13/h4-11,17,23H,12H2,1-3H3,(H,22,24). The summed E-state index contributed by atoms with van der Waals surface area (Å²) in [5, 5.41) is 13.5. The number of ether oxygens (including phenoxy) is 2. The summed E-state index contributed by atoms with van der Waals surface area (Å²) in [6.45, 7) is 1.95. The van der Waals surface area contributed by atoms with Crippen LogP contribution in [-0.2, 0) is 0 Å². The Kier molecular flexibility index (Phi) is 7.06. The summed E-state index contributed by atoms with van der Waals surface area (Å²) in [5.41, 5.74) is 1.83. The van der Waals surface area contributed by atoms with Gasteiger partial charge >= 0.3 is 0 Å². The molecule has 2 N–H and O–H groups in total. The van der Waals surface area contributed by atoms with Crippen LogP contribution >= 0.6 is 11.6 Å².